The summed E-state index contributed by atoms with van der Waals surface area (Å²) in [6.07, 6.45) is 0.524. The van der Waals surface area contributed by atoms with Gasteiger partial charge in [0.1, 0.15) is 11.6 Å². The van der Waals surface area contributed by atoms with E-state index in [1.807, 2.05) is 0 Å². The minimum absolute atomic E-state index is 0.0172. The van der Waals surface area contributed by atoms with E-state index >= 15 is 0 Å². The Kier molecular flexibility index (Phi) is 3.61. The summed E-state index contributed by atoms with van der Waals surface area (Å²) in [5.74, 6) is -2.46. The summed E-state index contributed by atoms with van der Waals surface area (Å²) in [4.78, 5) is 12.7. The minimum Gasteiger partial charge on any atom is -0.481 e. The molecule has 98 valence electrons. The van der Waals surface area contributed by atoms with Crippen molar-refractivity contribution in [3.8, 4) is 0 Å². The second-order valence-corrected chi connectivity index (χ2v) is 4.63. The minimum atomic E-state index is -0.848. The van der Waals surface area contributed by atoms with Crippen molar-refractivity contribution in [2.45, 2.75) is 19.4 Å². The van der Waals surface area contributed by atoms with Gasteiger partial charge in [-0.05, 0) is 32.0 Å². The summed E-state index contributed by atoms with van der Waals surface area (Å²) in [6.45, 7) is 2.59. The van der Waals surface area contributed by atoms with Crippen molar-refractivity contribution in [1.82, 2.24) is 4.90 Å². The van der Waals surface area contributed by atoms with Gasteiger partial charge in [-0.3, -0.25) is 9.69 Å². The third-order valence-corrected chi connectivity index (χ3v) is 3.53. The number of carboxylic acids is 1. The zero-order chi connectivity index (χ0) is 13.3. The zero-order valence-corrected chi connectivity index (χ0v) is 10.1. The largest absolute Gasteiger partial charge is 0.481 e. The van der Waals surface area contributed by atoms with E-state index in [-0.39, 0.29) is 5.56 Å². The van der Waals surface area contributed by atoms with Gasteiger partial charge in [0, 0.05) is 18.2 Å². The van der Waals surface area contributed by atoms with Crippen molar-refractivity contribution in [2.75, 3.05) is 13.1 Å². The second kappa shape index (κ2) is 5.02. The van der Waals surface area contributed by atoms with Crippen LogP contribution in [0.3, 0.4) is 0 Å². The Labute approximate surface area is 104 Å². The Bertz CT molecular complexity index is 444. The molecule has 1 heterocycles. The first-order valence-corrected chi connectivity index (χ1v) is 5.91. The van der Waals surface area contributed by atoms with Crippen molar-refractivity contribution < 1.29 is 18.7 Å². The van der Waals surface area contributed by atoms with Crippen LogP contribution in [-0.4, -0.2) is 29.1 Å². The fraction of sp³-hybridized carbons (Fsp3) is 0.462. The first-order valence-electron chi connectivity index (χ1n) is 5.91. The molecule has 0 amide bonds. The highest BCUT2D eigenvalue weighted by atomic mass is 19.1. The third-order valence-electron chi connectivity index (χ3n) is 3.53. The standard InChI is InChI=1S/C13H15F2NO2/c1-8(12-10(14)3-2-4-11(12)15)16-6-5-9(7-16)13(17)18/h2-4,8-9H,5-7H2,1H3,(H,17,18)/t8-,9-/m0/s1. The lowest BCUT2D eigenvalue weighted by Crippen LogP contribution is -2.27. The molecule has 0 aromatic heterocycles. The molecule has 0 aliphatic carbocycles. The van der Waals surface area contributed by atoms with Crippen LogP contribution in [0.15, 0.2) is 18.2 Å². The number of likely N-dealkylation sites (tertiary alicyclic amines) is 1. The molecular weight excluding hydrogens is 240 g/mol. The molecule has 1 N–H and O–H groups in total. The van der Waals surface area contributed by atoms with Gasteiger partial charge in [0.15, 0.2) is 0 Å². The van der Waals surface area contributed by atoms with Gasteiger partial charge >= 0.3 is 5.97 Å². The highest BCUT2D eigenvalue weighted by molar-refractivity contribution is 5.70. The van der Waals surface area contributed by atoms with Crippen LogP contribution in [0, 0.1) is 17.6 Å². The molecule has 1 aliphatic rings. The predicted molar refractivity (Wildman–Crippen MR) is 62.1 cm³/mol. The second-order valence-electron chi connectivity index (χ2n) is 4.63. The number of carbonyl (C=O) groups is 1. The van der Waals surface area contributed by atoms with Crippen molar-refractivity contribution in [3.63, 3.8) is 0 Å². The van der Waals surface area contributed by atoms with Crippen LogP contribution in [0.1, 0.15) is 24.9 Å². The van der Waals surface area contributed by atoms with Gasteiger partial charge in [-0.1, -0.05) is 6.07 Å². The summed E-state index contributed by atoms with van der Waals surface area (Å²) >= 11 is 0. The van der Waals surface area contributed by atoms with Crippen LogP contribution in [-0.2, 0) is 4.79 Å². The lowest BCUT2D eigenvalue weighted by atomic mass is 10.1. The molecule has 3 nitrogen and oxygen atoms in total. The van der Waals surface area contributed by atoms with Gasteiger partial charge in [-0.25, -0.2) is 8.78 Å². The normalized spacial score (nSPS) is 22.1. The SMILES string of the molecule is C[C@@H](c1c(F)cccc1F)N1CC[C@H](C(=O)O)C1. The average molecular weight is 255 g/mol. The van der Waals surface area contributed by atoms with Gasteiger partial charge in [-0.2, -0.15) is 0 Å². The molecule has 2 atom stereocenters. The molecule has 0 unspecified atom stereocenters. The Hall–Kier alpha value is -1.49. The van der Waals surface area contributed by atoms with E-state index in [0.717, 1.165) is 0 Å². The van der Waals surface area contributed by atoms with Gasteiger partial charge in [0.2, 0.25) is 0 Å². The van der Waals surface area contributed by atoms with E-state index in [4.69, 9.17) is 5.11 Å². The lowest BCUT2D eigenvalue weighted by Gasteiger charge is -2.25. The Morgan fingerprint density at radius 1 is 1.44 bits per heavy atom. The smallest absolute Gasteiger partial charge is 0.307 e. The fourth-order valence-electron chi connectivity index (χ4n) is 2.43. The molecular formula is C13H15F2NO2. The number of aliphatic carboxylic acids is 1. The molecule has 1 saturated heterocycles. The van der Waals surface area contributed by atoms with Crippen LogP contribution in [0.5, 0.6) is 0 Å². The van der Waals surface area contributed by atoms with Gasteiger partial charge in [0.05, 0.1) is 5.92 Å². The highest BCUT2D eigenvalue weighted by Crippen LogP contribution is 2.30. The zero-order valence-electron chi connectivity index (χ0n) is 10.1. The van der Waals surface area contributed by atoms with Crippen LogP contribution < -0.4 is 0 Å². The quantitative estimate of drug-likeness (QED) is 0.901. The number of rotatable bonds is 3. The average Bonchev–Trinajstić information content (AvgIpc) is 2.77. The maximum absolute atomic E-state index is 13.6. The molecule has 0 spiro atoms. The molecule has 2 rings (SSSR count). The van der Waals surface area contributed by atoms with E-state index in [2.05, 4.69) is 0 Å². The van der Waals surface area contributed by atoms with Crippen LogP contribution in [0.4, 0.5) is 8.78 Å². The van der Waals surface area contributed by atoms with Crippen molar-refractivity contribution in [1.29, 1.82) is 0 Å². The number of halogens is 2. The van der Waals surface area contributed by atoms with Gasteiger partial charge in [0.25, 0.3) is 0 Å². The van der Waals surface area contributed by atoms with E-state index in [1.165, 1.54) is 18.2 Å². The number of nitrogens with zero attached hydrogens (tertiary/aromatic N) is 1. The van der Waals surface area contributed by atoms with E-state index in [1.54, 1.807) is 11.8 Å². The first kappa shape index (κ1) is 13.0. The van der Waals surface area contributed by atoms with Crippen molar-refractivity contribution in [3.05, 3.63) is 35.4 Å². The Balaban J connectivity index is 2.18. The Morgan fingerprint density at radius 3 is 2.56 bits per heavy atom. The summed E-state index contributed by atoms with van der Waals surface area (Å²) in [6, 6.07) is 3.32. The van der Waals surface area contributed by atoms with Gasteiger partial charge in [-0.15, -0.1) is 0 Å². The summed E-state index contributed by atoms with van der Waals surface area (Å²) in [5, 5.41) is 8.92. The first-order chi connectivity index (χ1) is 8.50. The topological polar surface area (TPSA) is 40.5 Å². The molecule has 1 aromatic rings. The third kappa shape index (κ3) is 2.36. The molecule has 18 heavy (non-hydrogen) atoms. The summed E-state index contributed by atoms with van der Waals surface area (Å²) < 4.78 is 27.3. The fourth-order valence-corrected chi connectivity index (χ4v) is 2.43. The lowest BCUT2D eigenvalue weighted by molar-refractivity contribution is -0.141. The summed E-state index contributed by atoms with van der Waals surface area (Å²) in [7, 11) is 0. The highest BCUT2D eigenvalue weighted by Gasteiger charge is 2.32. The van der Waals surface area contributed by atoms with Crippen LogP contribution in [0.2, 0.25) is 0 Å². The van der Waals surface area contributed by atoms with Crippen molar-refractivity contribution >= 4 is 5.97 Å². The molecule has 1 fully saturated rings. The molecule has 5 heteroatoms. The Morgan fingerprint density at radius 2 is 2.06 bits per heavy atom. The maximum atomic E-state index is 13.6. The number of hydrogen-bond acceptors (Lipinski definition) is 2. The predicted octanol–water partition coefficient (Wildman–Crippen LogP) is 2.43. The number of hydrogen-bond donors (Lipinski definition) is 1. The van der Waals surface area contributed by atoms with E-state index < -0.39 is 29.6 Å². The van der Waals surface area contributed by atoms with E-state index in [0.29, 0.717) is 19.5 Å². The van der Waals surface area contributed by atoms with Gasteiger partial charge < -0.3 is 5.11 Å². The molecule has 0 radical (unpaired) electrons. The van der Waals surface area contributed by atoms with Crippen LogP contribution >= 0.6 is 0 Å². The molecule has 0 saturated carbocycles. The molecule has 1 aromatic carbocycles. The maximum Gasteiger partial charge on any atom is 0.307 e. The number of carboxylic acid groups (broad SMARTS) is 1. The molecule has 1 aliphatic heterocycles. The van der Waals surface area contributed by atoms with E-state index in [9.17, 15) is 13.6 Å². The van der Waals surface area contributed by atoms with Crippen molar-refractivity contribution in [2.24, 2.45) is 5.92 Å². The number of benzene rings is 1. The monoisotopic (exact) mass is 255 g/mol. The molecule has 0 bridgehead atoms. The van der Waals surface area contributed by atoms with Crippen LogP contribution in [0.25, 0.3) is 0 Å². The summed E-state index contributed by atoms with van der Waals surface area (Å²) in [5.41, 5.74) is 0.0172.